The van der Waals surface area contributed by atoms with Crippen molar-refractivity contribution in [3.8, 4) is 0 Å². The lowest BCUT2D eigenvalue weighted by atomic mass is 10.3. The first-order valence-electron chi connectivity index (χ1n) is 5.59. The van der Waals surface area contributed by atoms with Gasteiger partial charge in [0.1, 0.15) is 5.69 Å². The molecule has 3 N–H and O–H groups in total. The Labute approximate surface area is 109 Å². The minimum Gasteiger partial charge on any atom is -0.396 e. The fraction of sp³-hybridized carbons (Fsp3) is 0.364. The zero-order valence-electron chi connectivity index (χ0n) is 10.5. The van der Waals surface area contributed by atoms with Crippen LogP contribution in [0.3, 0.4) is 0 Å². The molecule has 0 aliphatic heterocycles. The summed E-state index contributed by atoms with van der Waals surface area (Å²) < 4.78 is 1.57. The summed E-state index contributed by atoms with van der Waals surface area (Å²) in [5.74, 6) is -0.277. The second kappa shape index (κ2) is 4.77. The Kier molecular flexibility index (Phi) is 3.33. The van der Waals surface area contributed by atoms with E-state index in [9.17, 15) is 4.79 Å². The molecule has 6 nitrogen and oxygen atoms in total. The Hall–Kier alpha value is -1.89. The predicted molar refractivity (Wildman–Crippen MR) is 71.9 cm³/mol. The molecular formula is C11H15N5OS. The summed E-state index contributed by atoms with van der Waals surface area (Å²) in [6.45, 7) is 6.37. The Morgan fingerprint density at radius 2 is 2.28 bits per heavy atom. The summed E-state index contributed by atoms with van der Waals surface area (Å²) in [6.07, 6.45) is 1.48. The zero-order chi connectivity index (χ0) is 13.3. The predicted octanol–water partition coefficient (Wildman–Crippen LogP) is 1.81. The lowest BCUT2D eigenvalue weighted by molar-refractivity contribution is 0.101. The number of nitrogens with one attached hydrogen (secondary N) is 1. The molecule has 2 rings (SSSR count). The van der Waals surface area contributed by atoms with Crippen molar-refractivity contribution in [1.82, 2.24) is 14.8 Å². The molecular weight excluding hydrogens is 250 g/mol. The summed E-state index contributed by atoms with van der Waals surface area (Å²) in [5.41, 5.74) is 7.42. The second-order valence-electron chi connectivity index (χ2n) is 3.88. The average Bonchev–Trinajstić information content (AvgIpc) is 2.83. The van der Waals surface area contributed by atoms with Gasteiger partial charge in [-0.1, -0.05) is 0 Å². The fourth-order valence-corrected chi connectivity index (χ4v) is 2.38. The van der Waals surface area contributed by atoms with Gasteiger partial charge >= 0.3 is 0 Å². The van der Waals surface area contributed by atoms with Gasteiger partial charge in [-0.25, -0.2) is 4.98 Å². The summed E-state index contributed by atoms with van der Waals surface area (Å²) in [5, 5.41) is 7.36. The third kappa shape index (κ3) is 2.21. The maximum atomic E-state index is 12.1. The van der Waals surface area contributed by atoms with Crippen LogP contribution in [-0.2, 0) is 6.54 Å². The van der Waals surface area contributed by atoms with E-state index in [2.05, 4.69) is 15.4 Å². The number of aromatic nitrogens is 3. The molecule has 0 bridgehead atoms. The number of rotatable bonds is 3. The number of nitrogens with zero attached hydrogens (tertiary/aromatic N) is 3. The normalized spacial score (nSPS) is 10.6. The summed E-state index contributed by atoms with van der Waals surface area (Å²) in [6, 6.07) is 0. The molecule has 0 fully saturated rings. The molecule has 0 radical (unpaired) electrons. The lowest BCUT2D eigenvalue weighted by Gasteiger charge is -2.05. The SMILES string of the molecule is CCn1ncc(N)c1C(=O)Nc1nc(C)c(C)s1. The highest BCUT2D eigenvalue weighted by Crippen LogP contribution is 2.22. The molecule has 18 heavy (non-hydrogen) atoms. The van der Waals surface area contributed by atoms with Gasteiger partial charge < -0.3 is 5.73 Å². The van der Waals surface area contributed by atoms with Crippen LogP contribution in [0.5, 0.6) is 0 Å². The number of thiazole rings is 1. The summed E-state index contributed by atoms with van der Waals surface area (Å²) >= 11 is 1.45. The van der Waals surface area contributed by atoms with Crippen molar-refractivity contribution in [1.29, 1.82) is 0 Å². The van der Waals surface area contributed by atoms with Gasteiger partial charge in [0.2, 0.25) is 0 Å². The molecule has 2 aromatic rings. The molecule has 0 spiro atoms. The van der Waals surface area contributed by atoms with E-state index in [-0.39, 0.29) is 5.91 Å². The van der Waals surface area contributed by atoms with Crippen LogP contribution in [0, 0.1) is 13.8 Å². The first-order chi connectivity index (χ1) is 8.52. The van der Waals surface area contributed by atoms with Crippen molar-refractivity contribution in [3.63, 3.8) is 0 Å². The standard InChI is InChI=1S/C11H15N5OS/c1-4-16-9(8(12)5-13-16)10(17)15-11-14-6(2)7(3)18-11/h5H,4,12H2,1-3H3,(H,14,15,17). The van der Waals surface area contributed by atoms with E-state index in [1.807, 2.05) is 20.8 Å². The van der Waals surface area contributed by atoms with Gasteiger partial charge in [0, 0.05) is 11.4 Å². The largest absolute Gasteiger partial charge is 0.396 e. The number of nitrogen functional groups attached to an aromatic ring is 1. The number of aryl methyl sites for hydroxylation is 3. The van der Waals surface area contributed by atoms with Crippen molar-refractivity contribution < 1.29 is 4.79 Å². The second-order valence-corrected chi connectivity index (χ2v) is 5.08. The van der Waals surface area contributed by atoms with E-state index in [0.717, 1.165) is 10.6 Å². The van der Waals surface area contributed by atoms with Crippen LogP contribution in [0.25, 0.3) is 0 Å². The van der Waals surface area contributed by atoms with Gasteiger partial charge in [-0.15, -0.1) is 11.3 Å². The number of anilines is 2. The first kappa shape index (κ1) is 12.6. The Morgan fingerprint density at radius 1 is 1.56 bits per heavy atom. The minimum absolute atomic E-state index is 0.277. The highest BCUT2D eigenvalue weighted by molar-refractivity contribution is 7.15. The van der Waals surface area contributed by atoms with E-state index in [4.69, 9.17) is 5.73 Å². The summed E-state index contributed by atoms with van der Waals surface area (Å²) in [4.78, 5) is 17.5. The molecule has 7 heteroatoms. The number of carbonyl (C=O) groups excluding carboxylic acids is 1. The topological polar surface area (TPSA) is 85.8 Å². The van der Waals surface area contributed by atoms with E-state index in [1.165, 1.54) is 17.5 Å². The average molecular weight is 265 g/mol. The van der Waals surface area contributed by atoms with Gasteiger partial charge in [-0.2, -0.15) is 5.10 Å². The fourth-order valence-electron chi connectivity index (χ4n) is 1.57. The van der Waals surface area contributed by atoms with Crippen LogP contribution in [-0.4, -0.2) is 20.7 Å². The molecule has 0 aliphatic rings. The lowest BCUT2D eigenvalue weighted by Crippen LogP contribution is -2.18. The van der Waals surface area contributed by atoms with Crippen molar-refractivity contribution in [2.45, 2.75) is 27.3 Å². The third-order valence-electron chi connectivity index (χ3n) is 2.63. The van der Waals surface area contributed by atoms with Crippen LogP contribution < -0.4 is 11.1 Å². The van der Waals surface area contributed by atoms with Crippen molar-refractivity contribution >= 4 is 28.1 Å². The number of hydrogen-bond acceptors (Lipinski definition) is 5. The minimum atomic E-state index is -0.277. The van der Waals surface area contributed by atoms with E-state index < -0.39 is 0 Å². The molecule has 0 aliphatic carbocycles. The van der Waals surface area contributed by atoms with E-state index >= 15 is 0 Å². The highest BCUT2D eigenvalue weighted by Gasteiger charge is 2.17. The van der Waals surface area contributed by atoms with Gasteiger partial charge in [0.15, 0.2) is 5.13 Å². The van der Waals surface area contributed by atoms with E-state index in [0.29, 0.717) is 23.1 Å². The Morgan fingerprint density at radius 3 is 2.83 bits per heavy atom. The molecule has 0 saturated carbocycles. The van der Waals surface area contributed by atoms with Gasteiger partial charge in [0.05, 0.1) is 17.6 Å². The van der Waals surface area contributed by atoms with Gasteiger partial charge in [-0.3, -0.25) is 14.8 Å². The first-order valence-corrected chi connectivity index (χ1v) is 6.41. The van der Waals surface area contributed by atoms with Crippen LogP contribution >= 0.6 is 11.3 Å². The quantitative estimate of drug-likeness (QED) is 0.886. The van der Waals surface area contributed by atoms with Gasteiger partial charge in [-0.05, 0) is 20.8 Å². The molecule has 0 saturated heterocycles. The molecule has 0 aromatic carbocycles. The molecule has 0 unspecified atom stereocenters. The van der Waals surface area contributed by atoms with Crippen LogP contribution in [0.1, 0.15) is 28.0 Å². The Bertz CT molecular complexity index is 567. The molecule has 2 aromatic heterocycles. The van der Waals surface area contributed by atoms with E-state index in [1.54, 1.807) is 4.68 Å². The number of nitrogens with two attached hydrogens (primary N) is 1. The van der Waals surface area contributed by atoms with Crippen LogP contribution in [0.2, 0.25) is 0 Å². The molecule has 0 atom stereocenters. The Balaban J connectivity index is 2.24. The maximum Gasteiger partial charge on any atom is 0.277 e. The van der Waals surface area contributed by atoms with Crippen LogP contribution in [0.15, 0.2) is 6.20 Å². The van der Waals surface area contributed by atoms with Crippen molar-refractivity contribution in [2.75, 3.05) is 11.1 Å². The monoisotopic (exact) mass is 265 g/mol. The summed E-state index contributed by atoms with van der Waals surface area (Å²) in [7, 11) is 0. The molecule has 2 heterocycles. The smallest absolute Gasteiger partial charge is 0.277 e. The van der Waals surface area contributed by atoms with Gasteiger partial charge in [0.25, 0.3) is 5.91 Å². The number of hydrogen-bond donors (Lipinski definition) is 2. The molecule has 96 valence electrons. The van der Waals surface area contributed by atoms with Crippen molar-refractivity contribution in [2.24, 2.45) is 0 Å². The van der Waals surface area contributed by atoms with Crippen molar-refractivity contribution in [3.05, 3.63) is 22.5 Å². The maximum absolute atomic E-state index is 12.1. The van der Waals surface area contributed by atoms with Crippen LogP contribution in [0.4, 0.5) is 10.8 Å². The highest BCUT2D eigenvalue weighted by atomic mass is 32.1. The third-order valence-corrected chi connectivity index (χ3v) is 3.62. The number of carbonyl (C=O) groups is 1. The molecule has 1 amide bonds. The number of amides is 1. The zero-order valence-corrected chi connectivity index (χ0v) is 11.3.